The van der Waals surface area contributed by atoms with E-state index in [0.29, 0.717) is 12.3 Å². The van der Waals surface area contributed by atoms with Crippen molar-refractivity contribution in [3.63, 3.8) is 0 Å². The standard InChI is InChI=1S/C24H28N4O/c1-19-2-4-20(5-3-19)6-7-23(29)27-15-10-22(11-16-27)24-26-14-17-28(24)18-21-8-12-25-13-9-21/h2-5,8-9,12-14,17,22H,6-7,10-11,15-16,18H2,1H3. The predicted octanol–water partition coefficient (Wildman–Crippen LogP) is 3.97. The van der Waals surface area contributed by atoms with E-state index in [1.54, 1.807) is 0 Å². The van der Waals surface area contributed by atoms with Crippen molar-refractivity contribution < 1.29 is 4.79 Å². The maximum Gasteiger partial charge on any atom is 0.222 e. The Kier molecular flexibility index (Phi) is 6.03. The number of rotatable bonds is 6. The van der Waals surface area contributed by atoms with E-state index in [4.69, 9.17) is 0 Å². The molecule has 1 aliphatic heterocycles. The van der Waals surface area contributed by atoms with Crippen molar-refractivity contribution in [2.24, 2.45) is 0 Å². The zero-order valence-corrected chi connectivity index (χ0v) is 17.0. The number of hydrogen-bond acceptors (Lipinski definition) is 3. The number of likely N-dealkylation sites (tertiary alicyclic amines) is 1. The Balaban J connectivity index is 1.30. The first kappa shape index (κ1) is 19.4. The lowest BCUT2D eigenvalue weighted by Gasteiger charge is -2.32. The van der Waals surface area contributed by atoms with Gasteiger partial charge in [0.05, 0.1) is 0 Å². The van der Waals surface area contributed by atoms with Gasteiger partial charge in [0.25, 0.3) is 0 Å². The molecular formula is C24H28N4O. The minimum atomic E-state index is 0.268. The third-order valence-electron chi connectivity index (χ3n) is 5.81. The van der Waals surface area contributed by atoms with Gasteiger partial charge in [-0.2, -0.15) is 0 Å². The lowest BCUT2D eigenvalue weighted by atomic mass is 9.95. The van der Waals surface area contributed by atoms with Gasteiger partial charge in [0.2, 0.25) is 5.91 Å². The Morgan fingerprint density at radius 2 is 1.72 bits per heavy atom. The number of imidazole rings is 1. The number of nitrogens with zero attached hydrogens (tertiary/aromatic N) is 4. The molecule has 1 aromatic carbocycles. The highest BCUT2D eigenvalue weighted by atomic mass is 16.2. The molecule has 4 rings (SSSR count). The van der Waals surface area contributed by atoms with Crippen molar-refractivity contribution in [3.05, 3.63) is 83.7 Å². The lowest BCUT2D eigenvalue weighted by Crippen LogP contribution is -2.38. The smallest absolute Gasteiger partial charge is 0.222 e. The molecule has 150 valence electrons. The number of carbonyl (C=O) groups is 1. The fraction of sp³-hybridized carbons (Fsp3) is 0.375. The minimum Gasteiger partial charge on any atom is -0.343 e. The lowest BCUT2D eigenvalue weighted by molar-refractivity contribution is -0.132. The first-order valence-electron chi connectivity index (χ1n) is 10.4. The molecule has 3 aromatic rings. The molecule has 0 unspecified atom stereocenters. The van der Waals surface area contributed by atoms with Crippen LogP contribution >= 0.6 is 0 Å². The zero-order valence-electron chi connectivity index (χ0n) is 17.0. The monoisotopic (exact) mass is 388 g/mol. The Bertz CT molecular complexity index is 925. The summed E-state index contributed by atoms with van der Waals surface area (Å²) in [5, 5.41) is 0. The molecule has 5 heteroatoms. The van der Waals surface area contributed by atoms with Gasteiger partial charge in [-0.05, 0) is 49.4 Å². The fourth-order valence-electron chi connectivity index (χ4n) is 4.05. The van der Waals surface area contributed by atoms with Gasteiger partial charge in [0.15, 0.2) is 0 Å². The SMILES string of the molecule is Cc1ccc(CCC(=O)N2CCC(c3nccn3Cc3ccncc3)CC2)cc1. The summed E-state index contributed by atoms with van der Waals surface area (Å²) in [7, 11) is 0. The molecule has 0 radical (unpaired) electrons. The number of hydrogen-bond donors (Lipinski definition) is 0. The van der Waals surface area contributed by atoms with E-state index in [2.05, 4.69) is 51.9 Å². The third-order valence-corrected chi connectivity index (χ3v) is 5.81. The number of carbonyl (C=O) groups excluding carboxylic acids is 1. The largest absolute Gasteiger partial charge is 0.343 e. The molecule has 0 N–H and O–H groups in total. The molecule has 0 atom stereocenters. The first-order chi connectivity index (χ1) is 14.2. The van der Waals surface area contributed by atoms with Crippen LogP contribution < -0.4 is 0 Å². The Hall–Kier alpha value is -2.95. The van der Waals surface area contributed by atoms with Crippen molar-refractivity contribution in [2.45, 2.75) is 45.1 Å². The molecule has 1 fully saturated rings. The number of pyridine rings is 1. The Labute approximate surface area is 172 Å². The van der Waals surface area contributed by atoms with Crippen LogP contribution in [0.4, 0.5) is 0 Å². The van der Waals surface area contributed by atoms with Gasteiger partial charge >= 0.3 is 0 Å². The normalized spacial score (nSPS) is 14.9. The second-order valence-electron chi connectivity index (χ2n) is 7.91. The second-order valence-corrected chi connectivity index (χ2v) is 7.91. The number of aryl methyl sites for hydroxylation is 2. The van der Waals surface area contributed by atoms with Crippen molar-refractivity contribution in [3.8, 4) is 0 Å². The Morgan fingerprint density at radius 3 is 2.45 bits per heavy atom. The van der Waals surface area contributed by atoms with E-state index in [1.165, 1.54) is 16.7 Å². The molecule has 29 heavy (non-hydrogen) atoms. The van der Waals surface area contributed by atoms with E-state index in [0.717, 1.165) is 44.7 Å². The zero-order chi connectivity index (χ0) is 20.1. The molecule has 0 bridgehead atoms. The summed E-state index contributed by atoms with van der Waals surface area (Å²) in [4.78, 5) is 23.4. The molecule has 3 heterocycles. The van der Waals surface area contributed by atoms with Gasteiger partial charge in [-0.1, -0.05) is 29.8 Å². The summed E-state index contributed by atoms with van der Waals surface area (Å²) in [6, 6.07) is 12.5. The van der Waals surface area contributed by atoms with Gasteiger partial charge in [-0.3, -0.25) is 9.78 Å². The van der Waals surface area contributed by atoms with Crippen molar-refractivity contribution in [2.75, 3.05) is 13.1 Å². The molecule has 1 saturated heterocycles. The molecule has 0 spiro atoms. The van der Waals surface area contributed by atoms with E-state index in [-0.39, 0.29) is 5.91 Å². The fourth-order valence-corrected chi connectivity index (χ4v) is 4.05. The molecular weight excluding hydrogens is 360 g/mol. The van der Waals surface area contributed by atoms with Gasteiger partial charge in [0.1, 0.15) is 5.82 Å². The van der Waals surface area contributed by atoms with Crippen LogP contribution in [0, 0.1) is 6.92 Å². The summed E-state index contributed by atoms with van der Waals surface area (Å²) < 4.78 is 2.23. The molecule has 0 saturated carbocycles. The number of piperidine rings is 1. The maximum absolute atomic E-state index is 12.6. The van der Waals surface area contributed by atoms with Crippen molar-refractivity contribution in [1.29, 1.82) is 0 Å². The van der Waals surface area contributed by atoms with Crippen LogP contribution in [-0.4, -0.2) is 38.4 Å². The van der Waals surface area contributed by atoms with E-state index >= 15 is 0 Å². The van der Waals surface area contributed by atoms with E-state index < -0.39 is 0 Å². The highest BCUT2D eigenvalue weighted by molar-refractivity contribution is 5.76. The number of aromatic nitrogens is 3. The molecule has 1 aliphatic rings. The summed E-state index contributed by atoms with van der Waals surface area (Å²) in [6.45, 7) is 4.54. The summed E-state index contributed by atoms with van der Waals surface area (Å²) in [5.41, 5.74) is 3.71. The second kappa shape index (κ2) is 9.03. The first-order valence-corrected chi connectivity index (χ1v) is 10.4. The van der Waals surface area contributed by atoms with Gasteiger partial charge < -0.3 is 9.47 Å². The summed E-state index contributed by atoms with van der Waals surface area (Å²) >= 11 is 0. The topological polar surface area (TPSA) is 51.0 Å². The average Bonchev–Trinajstić information content (AvgIpc) is 3.22. The highest BCUT2D eigenvalue weighted by Crippen LogP contribution is 2.27. The van der Waals surface area contributed by atoms with Crippen molar-refractivity contribution >= 4 is 5.91 Å². The number of amides is 1. The van der Waals surface area contributed by atoms with Crippen molar-refractivity contribution in [1.82, 2.24) is 19.4 Å². The predicted molar refractivity (Wildman–Crippen MR) is 114 cm³/mol. The van der Waals surface area contributed by atoms with Crippen LogP contribution in [-0.2, 0) is 17.8 Å². The van der Waals surface area contributed by atoms with Crippen LogP contribution in [0.15, 0.2) is 61.2 Å². The van der Waals surface area contributed by atoms with Crippen LogP contribution in [0.1, 0.15) is 47.7 Å². The summed E-state index contributed by atoms with van der Waals surface area (Å²) in [5.74, 6) is 1.81. The van der Waals surface area contributed by atoms with Gasteiger partial charge in [-0.25, -0.2) is 4.98 Å². The molecule has 1 amide bonds. The van der Waals surface area contributed by atoms with Gasteiger partial charge in [0, 0.05) is 56.8 Å². The van der Waals surface area contributed by atoms with Crippen LogP contribution in [0.5, 0.6) is 0 Å². The Morgan fingerprint density at radius 1 is 1.00 bits per heavy atom. The molecule has 5 nitrogen and oxygen atoms in total. The maximum atomic E-state index is 12.6. The average molecular weight is 389 g/mol. The van der Waals surface area contributed by atoms with Crippen LogP contribution in [0.3, 0.4) is 0 Å². The molecule has 2 aromatic heterocycles. The van der Waals surface area contributed by atoms with E-state index in [9.17, 15) is 4.79 Å². The third kappa shape index (κ3) is 4.91. The highest BCUT2D eigenvalue weighted by Gasteiger charge is 2.26. The van der Waals surface area contributed by atoms with Crippen LogP contribution in [0.2, 0.25) is 0 Å². The minimum absolute atomic E-state index is 0.268. The van der Waals surface area contributed by atoms with Gasteiger partial charge in [-0.15, -0.1) is 0 Å². The molecule has 0 aliphatic carbocycles. The summed E-state index contributed by atoms with van der Waals surface area (Å²) in [6.07, 6.45) is 10.9. The quantitative estimate of drug-likeness (QED) is 0.642. The van der Waals surface area contributed by atoms with E-state index in [1.807, 2.05) is 35.6 Å². The van der Waals surface area contributed by atoms with Crippen LogP contribution in [0.25, 0.3) is 0 Å². The number of benzene rings is 1.